The Morgan fingerprint density at radius 3 is 2.36 bits per heavy atom. The van der Waals surface area contributed by atoms with Crippen LogP contribution in [0.3, 0.4) is 0 Å². The molecule has 2 aromatic rings. The summed E-state index contributed by atoms with van der Waals surface area (Å²) < 4.78 is 19.7. The number of rotatable bonds is 4. The van der Waals surface area contributed by atoms with E-state index in [4.69, 9.17) is 4.74 Å². The molecular weight excluding hydrogens is 319 g/mol. The van der Waals surface area contributed by atoms with E-state index in [1.807, 2.05) is 42.2 Å². The molecule has 4 nitrogen and oxygen atoms in total. The SMILES string of the molecule is Cc1ccccc1OC(C)C(=O)N1CCN(c2ccccc2F)CC1. The highest BCUT2D eigenvalue weighted by Gasteiger charge is 2.27. The molecule has 1 aliphatic heterocycles. The van der Waals surface area contributed by atoms with Crippen molar-refractivity contribution in [1.82, 2.24) is 4.90 Å². The quantitative estimate of drug-likeness (QED) is 0.855. The molecule has 5 heteroatoms. The van der Waals surface area contributed by atoms with Gasteiger partial charge in [-0.1, -0.05) is 30.3 Å². The van der Waals surface area contributed by atoms with Crippen LogP contribution in [-0.4, -0.2) is 43.1 Å². The summed E-state index contributed by atoms with van der Waals surface area (Å²) in [5.74, 6) is 0.475. The summed E-state index contributed by atoms with van der Waals surface area (Å²) in [5.41, 5.74) is 1.60. The van der Waals surface area contributed by atoms with E-state index in [1.54, 1.807) is 24.0 Å². The van der Waals surface area contributed by atoms with Gasteiger partial charge in [-0.05, 0) is 37.6 Å². The fourth-order valence-electron chi connectivity index (χ4n) is 3.06. The number of aryl methyl sites for hydroxylation is 1. The maximum Gasteiger partial charge on any atom is 0.263 e. The molecule has 1 fully saturated rings. The van der Waals surface area contributed by atoms with Crippen LogP contribution >= 0.6 is 0 Å². The lowest BCUT2D eigenvalue weighted by Gasteiger charge is -2.37. The Morgan fingerprint density at radius 1 is 1.04 bits per heavy atom. The highest BCUT2D eigenvalue weighted by atomic mass is 19.1. The Kier molecular flexibility index (Phi) is 5.22. The van der Waals surface area contributed by atoms with Gasteiger partial charge in [0.1, 0.15) is 11.6 Å². The van der Waals surface area contributed by atoms with Crippen LogP contribution in [0.4, 0.5) is 10.1 Å². The number of piperazine rings is 1. The average molecular weight is 342 g/mol. The lowest BCUT2D eigenvalue weighted by atomic mass is 10.2. The van der Waals surface area contributed by atoms with Gasteiger partial charge in [0.25, 0.3) is 5.91 Å². The summed E-state index contributed by atoms with van der Waals surface area (Å²) in [7, 11) is 0. The maximum absolute atomic E-state index is 13.9. The second-order valence-electron chi connectivity index (χ2n) is 6.29. The lowest BCUT2D eigenvalue weighted by Crippen LogP contribution is -2.52. The minimum atomic E-state index is -0.541. The average Bonchev–Trinajstić information content (AvgIpc) is 2.63. The fraction of sp³-hybridized carbons (Fsp3) is 0.350. The Labute approximate surface area is 147 Å². The van der Waals surface area contributed by atoms with Gasteiger partial charge in [0.2, 0.25) is 0 Å². The minimum Gasteiger partial charge on any atom is -0.481 e. The van der Waals surface area contributed by atoms with E-state index in [2.05, 4.69) is 0 Å². The maximum atomic E-state index is 13.9. The van der Waals surface area contributed by atoms with E-state index in [0.29, 0.717) is 31.9 Å². The number of hydrogen-bond acceptors (Lipinski definition) is 3. The van der Waals surface area contributed by atoms with E-state index in [0.717, 1.165) is 11.3 Å². The second-order valence-corrected chi connectivity index (χ2v) is 6.29. The molecule has 1 saturated heterocycles. The molecule has 1 amide bonds. The molecule has 3 rings (SSSR count). The lowest BCUT2D eigenvalue weighted by molar-refractivity contribution is -0.138. The van der Waals surface area contributed by atoms with Crippen LogP contribution in [0.1, 0.15) is 12.5 Å². The van der Waals surface area contributed by atoms with Crippen LogP contribution in [0.25, 0.3) is 0 Å². The summed E-state index contributed by atoms with van der Waals surface area (Å²) in [6, 6.07) is 14.4. The molecule has 0 saturated carbocycles. The Balaban J connectivity index is 1.58. The van der Waals surface area contributed by atoms with E-state index < -0.39 is 6.10 Å². The van der Waals surface area contributed by atoms with Crippen LogP contribution in [0.5, 0.6) is 5.75 Å². The number of halogens is 1. The van der Waals surface area contributed by atoms with Crippen molar-refractivity contribution in [3.05, 3.63) is 59.9 Å². The number of hydrogen-bond donors (Lipinski definition) is 0. The van der Waals surface area contributed by atoms with Crippen LogP contribution < -0.4 is 9.64 Å². The molecule has 132 valence electrons. The molecule has 25 heavy (non-hydrogen) atoms. The standard InChI is InChI=1S/C20H23FN2O2/c1-15-7-3-6-10-19(15)25-16(2)20(24)23-13-11-22(12-14-23)18-9-5-4-8-17(18)21/h3-10,16H,11-14H2,1-2H3. The molecule has 1 unspecified atom stereocenters. The van der Waals surface area contributed by atoms with Gasteiger partial charge in [-0.15, -0.1) is 0 Å². The first-order valence-electron chi connectivity index (χ1n) is 8.57. The summed E-state index contributed by atoms with van der Waals surface area (Å²) >= 11 is 0. The molecular formula is C20H23FN2O2. The molecule has 1 heterocycles. The minimum absolute atomic E-state index is 0.0311. The van der Waals surface area contributed by atoms with Crippen molar-refractivity contribution in [3.8, 4) is 5.75 Å². The van der Waals surface area contributed by atoms with Crippen molar-refractivity contribution in [1.29, 1.82) is 0 Å². The number of amides is 1. The summed E-state index contributed by atoms with van der Waals surface area (Å²) in [6.45, 7) is 6.09. The van der Waals surface area contributed by atoms with Crippen molar-refractivity contribution < 1.29 is 13.9 Å². The van der Waals surface area contributed by atoms with Gasteiger partial charge >= 0.3 is 0 Å². The Bertz CT molecular complexity index is 742. The van der Waals surface area contributed by atoms with E-state index >= 15 is 0 Å². The van der Waals surface area contributed by atoms with Crippen molar-refractivity contribution in [2.45, 2.75) is 20.0 Å². The highest BCUT2D eigenvalue weighted by Crippen LogP contribution is 2.21. The van der Waals surface area contributed by atoms with E-state index in [9.17, 15) is 9.18 Å². The van der Waals surface area contributed by atoms with Crippen molar-refractivity contribution in [2.75, 3.05) is 31.1 Å². The predicted octanol–water partition coefficient (Wildman–Crippen LogP) is 3.25. The third-order valence-corrected chi connectivity index (χ3v) is 4.53. The van der Waals surface area contributed by atoms with Crippen LogP contribution in [0.15, 0.2) is 48.5 Å². The van der Waals surface area contributed by atoms with Gasteiger partial charge in [-0.3, -0.25) is 4.79 Å². The van der Waals surface area contributed by atoms with Crippen LogP contribution in [-0.2, 0) is 4.79 Å². The van der Waals surface area contributed by atoms with Crippen molar-refractivity contribution >= 4 is 11.6 Å². The normalized spacial score (nSPS) is 15.8. The van der Waals surface area contributed by atoms with Crippen LogP contribution in [0.2, 0.25) is 0 Å². The molecule has 0 bridgehead atoms. The summed E-state index contributed by atoms with van der Waals surface area (Å²) in [5, 5.41) is 0. The second kappa shape index (κ2) is 7.55. The number of carbonyl (C=O) groups is 1. The largest absolute Gasteiger partial charge is 0.481 e. The molecule has 0 spiro atoms. The van der Waals surface area contributed by atoms with E-state index in [1.165, 1.54) is 6.07 Å². The van der Waals surface area contributed by atoms with E-state index in [-0.39, 0.29) is 11.7 Å². The monoisotopic (exact) mass is 342 g/mol. The Hall–Kier alpha value is -2.56. The molecule has 0 aromatic heterocycles. The molecule has 1 aliphatic rings. The Morgan fingerprint density at radius 2 is 1.68 bits per heavy atom. The topological polar surface area (TPSA) is 32.8 Å². The molecule has 0 N–H and O–H groups in total. The first-order valence-corrected chi connectivity index (χ1v) is 8.57. The first-order chi connectivity index (χ1) is 12.1. The van der Waals surface area contributed by atoms with Gasteiger partial charge in [-0.25, -0.2) is 4.39 Å². The summed E-state index contributed by atoms with van der Waals surface area (Å²) in [4.78, 5) is 16.4. The van der Waals surface area contributed by atoms with Gasteiger partial charge in [-0.2, -0.15) is 0 Å². The van der Waals surface area contributed by atoms with Crippen LogP contribution in [0, 0.1) is 12.7 Å². The zero-order valence-electron chi connectivity index (χ0n) is 14.6. The highest BCUT2D eigenvalue weighted by molar-refractivity contribution is 5.81. The van der Waals surface area contributed by atoms with Gasteiger partial charge in [0.15, 0.2) is 6.10 Å². The first kappa shape index (κ1) is 17.3. The van der Waals surface area contributed by atoms with Gasteiger partial charge in [0, 0.05) is 26.2 Å². The smallest absolute Gasteiger partial charge is 0.263 e. The third kappa shape index (κ3) is 3.92. The molecule has 0 radical (unpaired) electrons. The number of benzene rings is 2. The zero-order chi connectivity index (χ0) is 17.8. The predicted molar refractivity (Wildman–Crippen MR) is 96.5 cm³/mol. The molecule has 0 aliphatic carbocycles. The van der Waals surface area contributed by atoms with Crippen molar-refractivity contribution in [2.24, 2.45) is 0 Å². The number of nitrogens with zero attached hydrogens (tertiary/aromatic N) is 2. The fourth-order valence-corrected chi connectivity index (χ4v) is 3.06. The molecule has 1 atom stereocenters. The van der Waals surface area contributed by atoms with Gasteiger partial charge < -0.3 is 14.5 Å². The third-order valence-electron chi connectivity index (χ3n) is 4.53. The zero-order valence-corrected chi connectivity index (χ0v) is 14.6. The summed E-state index contributed by atoms with van der Waals surface area (Å²) in [6.07, 6.45) is -0.541. The number of carbonyl (C=O) groups excluding carboxylic acids is 1. The number of anilines is 1. The van der Waals surface area contributed by atoms with Gasteiger partial charge in [0.05, 0.1) is 5.69 Å². The number of ether oxygens (including phenoxy) is 1. The molecule has 2 aromatic carbocycles. The number of para-hydroxylation sites is 2. The van der Waals surface area contributed by atoms with Crippen molar-refractivity contribution in [3.63, 3.8) is 0 Å².